The molecule has 6 saturated heterocycles. The minimum atomic E-state index is -1.21. The number of amidine groups is 4. The van der Waals surface area contributed by atoms with Crippen molar-refractivity contribution in [1.82, 2.24) is 29.6 Å². The normalized spacial score (nSPS) is 33.2. The summed E-state index contributed by atoms with van der Waals surface area (Å²) in [4.78, 5) is 38.4. The Morgan fingerprint density at radius 2 is 0.733 bits per heavy atom. The molecule has 0 saturated carbocycles. The second-order valence-corrected chi connectivity index (χ2v) is 65.8. The maximum atomic E-state index is 10.4. The van der Waals surface area contributed by atoms with Gasteiger partial charge in [0.1, 0.15) is 131 Å². The number of aliphatic hydroxyl groups is 12. The molecule has 12 aliphatic rings. The predicted octanol–water partition coefficient (Wildman–Crippen LogP) is 1.50. The van der Waals surface area contributed by atoms with Crippen molar-refractivity contribution in [3.8, 4) is 0 Å². The summed E-state index contributed by atoms with van der Waals surface area (Å²) in [6.07, 6.45) is 27.5. The molecule has 6 fully saturated rings. The van der Waals surface area contributed by atoms with Gasteiger partial charge >= 0.3 is 0 Å². The number of aryl methyl sites for hydroxylation is 1. The molecule has 37 nitrogen and oxygen atoms in total. The van der Waals surface area contributed by atoms with E-state index in [9.17, 15) is 61.3 Å². The lowest BCUT2D eigenvalue weighted by Gasteiger charge is -2.31. The number of nitrogens with one attached hydrogen (secondary N) is 1. The number of H-pyrrole nitrogens is 1. The molecule has 13 heterocycles. The number of aromatic amines is 1. The zero-order valence-electron chi connectivity index (χ0n) is 78.1. The number of rotatable bonds is 24. The number of nitrogens with two attached hydrogens (primary N) is 5. The maximum Gasteiger partial charge on any atom is 0.219 e. The average Bonchev–Trinajstić information content (AvgIpc) is 1.65. The van der Waals surface area contributed by atoms with Crippen molar-refractivity contribution in [2.24, 2.45) is 74.6 Å². The van der Waals surface area contributed by atoms with Crippen LogP contribution in [0.4, 0.5) is 0 Å². The SMILES string of the molecule is C=C1N=C(N)C(C)=CN1C1O[C@H](CCP(=C)(C)C)[C@@H](O)[C@H]1O.C=C1N=C(N)C(I)=CN1C1O[C@H](CCP(=C)(C)C)[C@@H](O)[C@H]1O.C=C1N=C(N)C=CN1C1O[C@H](CCP(=C)(C)C)[C@@H](O)[C@H]1O.C=C1N=C(N)C=NN1C1O[C@H](CCP(=C)(C)C)[C@@H](O)[C@H]1O.C=C1N=C(N)N=C[C@@H]1C1O[C@H](CCP(=C)(C)C)[C@@H](O)[C@H]1O.C=C1N=c2[nH]c(C)cc2=CN1C1O[C@H](CCP(=C)(C)C)[C@@H](O)[C@H]1O. The Hall–Kier alpha value is -5.89. The lowest BCUT2D eigenvalue weighted by atomic mass is 9.94. The fourth-order valence-electron chi connectivity index (χ4n) is 15.3. The highest BCUT2D eigenvalue weighted by molar-refractivity contribution is 14.1. The summed E-state index contributed by atoms with van der Waals surface area (Å²) in [5, 5.41) is 129. The van der Waals surface area contributed by atoms with E-state index in [-0.39, 0.29) is 23.5 Å². The predicted molar refractivity (Wildman–Crippen MR) is 555 cm³/mol. The molecule has 6 unspecified atom stereocenters. The largest absolute Gasteiger partial charge is 0.388 e. The van der Waals surface area contributed by atoms with E-state index in [1.807, 2.05) is 26.1 Å². The Bertz CT molecular complexity index is 4790. The number of nitrogens with zero attached hydrogens (tertiary/aromatic N) is 13. The number of hydrogen-bond donors (Lipinski definition) is 18. The minimum Gasteiger partial charge on any atom is -0.388 e. The Labute approximate surface area is 785 Å². The number of fused-ring (bicyclic) bond motifs is 1. The molecule has 12 aliphatic heterocycles. The highest BCUT2D eigenvalue weighted by Gasteiger charge is 2.52. The molecule has 0 spiro atoms. The van der Waals surface area contributed by atoms with E-state index in [4.69, 9.17) is 57.1 Å². The molecule has 13 rings (SSSR count). The van der Waals surface area contributed by atoms with Gasteiger partial charge in [0, 0.05) is 53.2 Å². The van der Waals surface area contributed by atoms with Crippen molar-refractivity contribution in [3.63, 3.8) is 0 Å². The molecule has 131 heavy (non-hydrogen) atoms. The monoisotopic (exact) mass is 2060 g/mol. The van der Waals surface area contributed by atoms with Crippen LogP contribution >= 0.6 is 63.9 Å². The molecule has 734 valence electrons. The molecule has 0 aliphatic carbocycles. The van der Waals surface area contributed by atoms with Gasteiger partial charge in [-0.1, -0.05) is 39.5 Å². The van der Waals surface area contributed by atoms with Crippen LogP contribution in [0.15, 0.2) is 154 Å². The van der Waals surface area contributed by atoms with E-state index in [1.165, 1.54) is 11.2 Å². The molecule has 23 N–H and O–H groups in total. The fourth-order valence-corrected chi connectivity index (χ4v) is 21.4. The first-order valence-electron chi connectivity index (χ1n) is 42.9. The van der Waals surface area contributed by atoms with Crippen LogP contribution in [0.2, 0.25) is 0 Å². The van der Waals surface area contributed by atoms with Crippen LogP contribution in [0.1, 0.15) is 51.1 Å². The number of aliphatic imine (C=N–C) groups is 6. The highest BCUT2D eigenvalue weighted by atomic mass is 127. The first-order valence-corrected chi connectivity index (χ1v) is 62.3. The molecule has 1 aromatic rings. The Balaban J connectivity index is 0.000000194. The van der Waals surface area contributed by atoms with Gasteiger partial charge in [-0.05, 0) is 204 Å². The van der Waals surface area contributed by atoms with Crippen LogP contribution in [0.5, 0.6) is 0 Å². The molecule has 0 aromatic carbocycles. The summed E-state index contributed by atoms with van der Waals surface area (Å²) >= 11 is 2.06. The Morgan fingerprint density at radius 3 is 1.12 bits per heavy atom. The summed E-state index contributed by atoms with van der Waals surface area (Å²) in [5.74, 6) is 3.07. The van der Waals surface area contributed by atoms with Crippen LogP contribution in [-0.2, 0) is 28.4 Å². The lowest BCUT2D eigenvalue weighted by molar-refractivity contribution is -0.0749. The van der Waals surface area contributed by atoms with Crippen LogP contribution in [0.25, 0.3) is 6.20 Å². The van der Waals surface area contributed by atoms with Gasteiger partial charge in [-0.2, -0.15) is 5.10 Å². The number of ether oxygens (including phenoxy) is 6. The van der Waals surface area contributed by atoms with Crippen molar-refractivity contribution in [3.05, 3.63) is 131 Å². The number of hydrazone groups is 1. The quantitative estimate of drug-likeness (QED) is 0.0515. The number of halogens is 1. The molecular formula is C87H146IN19O18P6. The van der Waals surface area contributed by atoms with Gasteiger partial charge in [0.15, 0.2) is 31.1 Å². The van der Waals surface area contributed by atoms with Gasteiger partial charge in [0.2, 0.25) is 5.96 Å². The molecular weight excluding hydrogens is 1910 g/mol. The van der Waals surface area contributed by atoms with E-state index in [0.29, 0.717) is 85.0 Å². The van der Waals surface area contributed by atoms with Gasteiger partial charge < -0.3 is 143 Å². The van der Waals surface area contributed by atoms with Crippen molar-refractivity contribution in [1.29, 1.82) is 0 Å². The Kier molecular flexibility index (Phi) is 38.4. The smallest absolute Gasteiger partial charge is 0.219 e. The van der Waals surface area contributed by atoms with Gasteiger partial charge in [0.05, 0.1) is 58.4 Å². The summed E-state index contributed by atoms with van der Waals surface area (Å²) in [5.41, 5.74) is 31.1. The maximum absolute atomic E-state index is 10.4. The number of aliphatic hydroxyl groups excluding tert-OH is 12. The van der Waals surface area contributed by atoms with Crippen LogP contribution in [-0.4, -0.2) is 434 Å². The minimum absolute atomic E-state index is 0.143. The number of aromatic nitrogens is 1. The van der Waals surface area contributed by atoms with Gasteiger partial charge in [-0.15, -0.1) is 79.1 Å². The van der Waals surface area contributed by atoms with Crippen molar-refractivity contribution >= 4 is 150 Å². The van der Waals surface area contributed by atoms with Crippen LogP contribution in [0.3, 0.4) is 0 Å². The second-order valence-electron chi connectivity index (χ2n) is 38.8. The van der Waals surface area contributed by atoms with Crippen LogP contribution in [0, 0.1) is 12.8 Å². The summed E-state index contributed by atoms with van der Waals surface area (Å²) in [6, 6.07) is 1.98. The van der Waals surface area contributed by atoms with Gasteiger partial charge in [-0.3, -0.25) is 0 Å². The van der Waals surface area contributed by atoms with E-state index in [2.05, 4.69) is 225 Å². The molecule has 1 aromatic heterocycles. The van der Waals surface area contributed by atoms with Crippen molar-refractivity contribution in [2.75, 3.05) is 117 Å². The second kappa shape index (κ2) is 45.6. The first-order chi connectivity index (χ1) is 60.4. The van der Waals surface area contributed by atoms with Crippen molar-refractivity contribution in [2.45, 2.75) is 199 Å². The summed E-state index contributed by atoms with van der Waals surface area (Å²) < 4.78 is 35.9. The third kappa shape index (κ3) is 30.8. The molecule has 0 bridgehead atoms. The van der Waals surface area contributed by atoms with E-state index in [0.717, 1.165) is 62.5 Å². The third-order valence-corrected chi connectivity index (χ3v) is 32.5. The summed E-state index contributed by atoms with van der Waals surface area (Å²) in [6.45, 7) is 45.2. The topological polar surface area (TPSA) is 559 Å². The summed E-state index contributed by atoms with van der Waals surface area (Å²) in [7, 11) is 0. The van der Waals surface area contributed by atoms with E-state index in [1.54, 1.807) is 50.5 Å². The molecule has 0 radical (unpaired) electrons. The standard InChI is InChI=1S/C17H26N3O3P.C15H26N3O3P.C14H23IN3O3P.2C14H24N3O3P.C13H23N4O3P/c1-10-8-12-9-20(11(2)19-16(12)18-10)17-15(22)14(21)13(23-17)6-7-24(3,4)5;1-9-8-18(10(2)17-14(9)16)15-13(20)12(19)11(21-15)6-7-22(3,4)5;1-8-17-13(16)9(15)7-18(8)14-12(20)11(19)10(21-14)5-6-22(2,3)4;1-9-16-11(15)5-7-17(9)14-13(19)12(18)10(20-14)6-8-21(2,3)4;1-8-9(7-16-14(15)17-8)13-12(19)11(18)10(20-13)5-6-21(2,3)4;1-8-16-10(14)7-15-17(8)13-12(19)11(18)9(20-13)5-6-21(2,3)4/h8-9,13-15,17,21-22H,2-3,6-7H2,1,4-5H3,(H,18,19);8,11-13,15,19-20H,2-3,6-7H2,1,4-5H3,(H2,16,17);7,10-12,14,19-20H,1-2,5-6H2,3-4H3,(H2,16,17);5,7,10,12-14,18-19H,1-2,6,8H2,3-4H3,(H2,15,16);7,9-13,18-19H,1-2,5-6H2,3-4H3,(H2,15,17);7,9,11-13,18-19H,1-2,5-6H2,3-4H3,(H2,14,16)/t13-,14-,15-,17?;11-,12-,13-,15?;10-,11-,12-,14?;10-,12-,13-,14?;9-,10+,11+,12+,13?;9-,11-,12-,13?/m111101/s1. The van der Waals surface area contributed by atoms with Gasteiger partial charge in [-0.25, -0.2) is 40.0 Å². The fraction of sp³-hybridized carbons (Fsp3) is 0.586. The van der Waals surface area contributed by atoms with Crippen LogP contribution < -0.4 is 39.4 Å². The molecule has 44 heteroatoms. The number of hydrogen-bond acceptors (Lipinski definition) is 36. The molecule has 0 amide bonds. The Morgan fingerprint density at radius 1 is 0.397 bits per heavy atom. The van der Waals surface area contributed by atoms with Crippen molar-refractivity contribution < 1.29 is 89.7 Å². The first kappa shape index (κ1) is 110. The molecule has 25 atom stereocenters. The van der Waals surface area contributed by atoms with Gasteiger partial charge in [0.25, 0.3) is 0 Å². The highest BCUT2D eigenvalue weighted by Crippen LogP contribution is 2.46. The zero-order valence-corrected chi connectivity index (χ0v) is 85.6. The number of guanidine groups is 1. The van der Waals surface area contributed by atoms with E-state index < -0.39 is 188 Å². The average molecular weight is 2060 g/mol. The van der Waals surface area contributed by atoms with E-state index >= 15 is 0 Å². The third-order valence-electron chi connectivity index (χ3n) is 22.8. The lowest BCUT2D eigenvalue weighted by Crippen LogP contribution is -2.44. The zero-order chi connectivity index (χ0) is 98.3.